The summed E-state index contributed by atoms with van der Waals surface area (Å²) in [6.45, 7) is 5.26. The molecule has 0 aliphatic carbocycles. The largest absolute Gasteiger partial charge is 0.507 e. The molecule has 1 amide bonds. The number of hydrogen-bond donors (Lipinski definition) is 1. The molecular weight excluding hydrogens is 564 g/mol. The first kappa shape index (κ1) is 29.5. The summed E-state index contributed by atoms with van der Waals surface area (Å²) in [4.78, 5) is 31.0. The molecule has 0 aromatic heterocycles. The van der Waals surface area contributed by atoms with Gasteiger partial charge in [0.2, 0.25) is 0 Å². The molecule has 10 heteroatoms. The molecule has 1 atom stereocenters. The van der Waals surface area contributed by atoms with E-state index in [1.807, 2.05) is 36.4 Å². The van der Waals surface area contributed by atoms with Crippen molar-refractivity contribution in [1.82, 2.24) is 9.80 Å². The number of ether oxygens (including phenoxy) is 5. The Kier molecular flexibility index (Phi) is 8.99. The van der Waals surface area contributed by atoms with Gasteiger partial charge in [0.15, 0.2) is 23.0 Å². The second-order valence-corrected chi connectivity index (χ2v) is 10.8. The molecule has 0 radical (unpaired) electrons. The molecule has 3 aliphatic rings. The molecule has 1 N–H and O–H groups in total. The van der Waals surface area contributed by atoms with E-state index in [4.69, 9.17) is 23.7 Å². The summed E-state index contributed by atoms with van der Waals surface area (Å²) in [7, 11) is 1.54. The molecular formula is C34H36N2O8. The van der Waals surface area contributed by atoms with Crippen LogP contribution in [0.25, 0.3) is 5.76 Å². The van der Waals surface area contributed by atoms with Crippen molar-refractivity contribution in [3.05, 3.63) is 89.0 Å². The Balaban J connectivity index is 1.34. The number of likely N-dealkylation sites (tertiary alicyclic amines) is 1. The number of ketones is 1. The molecule has 0 spiro atoms. The zero-order valence-electron chi connectivity index (χ0n) is 24.7. The Morgan fingerprint density at radius 1 is 0.886 bits per heavy atom. The standard InChI is InChI=1S/C34H36N2O8/c1-40-28-20-24(8-10-26(28)44-22-23-6-3-2-4-7-23)31-30(32(37)25-9-11-27-29(21-25)43-19-18-42-27)33(38)34(39)36(31)13-5-12-35-14-16-41-17-15-35/h2-4,6-11,20-21,31,37H,5,12-19,22H2,1H3. The molecule has 3 aliphatic heterocycles. The second kappa shape index (κ2) is 13.4. The van der Waals surface area contributed by atoms with Crippen LogP contribution in [0.5, 0.6) is 23.0 Å². The van der Waals surface area contributed by atoms with Crippen molar-refractivity contribution in [2.75, 3.05) is 59.7 Å². The topological polar surface area (TPSA) is 107 Å². The third-order valence-electron chi connectivity index (χ3n) is 8.07. The lowest BCUT2D eigenvalue weighted by molar-refractivity contribution is -0.140. The van der Waals surface area contributed by atoms with Gasteiger partial charge in [0, 0.05) is 31.7 Å². The first-order valence-corrected chi connectivity index (χ1v) is 14.9. The molecule has 2 fully saturated rings. The van der Waals surface area contributed by atoms with Crippen LogP contribution >= 0.6 is 0 Å². The first-order valence-electron chi connectivity index (χ1n) is 14.9. The number of fused-ring (bicyclic) bond motifs is 1. The number of morpholine rings is 1. The van der Waals surface area contributed by atoms with E-state index < -0.39 is 17.7 Å². The van der Waals surface area contributed by atoms with Crippen molar-refractivity contribution in [3.63, 3.8) is 0 Å². The highest BCUT2D eigenvalue weighted by molar-refractivity contribution is 6.46. The minimum atomic E-state index is -0.829. The predicted octanol–water partition coefficient (Wildman–Crippen LogP) is 4.19. The van der Waals surface area contributed by atoms with E-state index in [2.05, 4.69) is 4.90 Å². The van der Waals surface area contributed by atoms with E-state index in [0.717, 1.165) is 25.2 Å². The van der Waals surface area contributed by atoms with Crippen LogP contribution in [0.4, 0.5) is 0 Å². The number of methoxy groups -OCH3 is 1. The van der Waals surface area contributed by atoms with E-state index in [1.165, 1.54) is 0 Å². The molecule has 44 heavy (non-hydrogen) atoms. The average Bonchev–Trinajstić information content (AvgIpc) is 3.32. The molecule has 3 heterocycles. The Morgan fingerprint density at radius 3 is 2.43 bits per heavy atom. The highest BCUT2D eigenvalue weighted by Gasteiger charge is 2.46. The van der Waals surface area contributed by atoms with Gasteiger partial charge >= 0.3 is 0 Å². The summed E-state index contributed by atoms with van der Waals surface area (Å²) in [5.41, 5.74) is 2.00. The van der Waals surface area contributed by atoms with Crippen LogP contribution in [-0.2, 0) is 20.9 Å². The van der Waals surface area contributed by atoms with Crippen LogP contribution in [-0.4, -0.2) is 86.3 Å². The van der Waals surface area contributed by atoms with E-state index in [-0.39, 0.29) is 11.3 Å². The van der Waals surface area contributed by atoms with Crippen LogP contribution in [0, 0.1) is 0 Å². The fourth-order valence-corrected chi connectivity index (χ4v) is 5.80. The summed E-state index contributed by atoms with van der Waals surface area (Å²) in [5, 5.41) is 11.6. The van der Waals surface area contributed by atoms with Crippen LogP contribution in [0.3, 0.4) is 0 Å². The second-order valence-electron chi connectivity index (χ2n) is 10.8. The van der Waals surface area contributed by atoms with Crippen molar-refractivity contribution in [1.29, 1.82) is 0 Å². The molecule has 10 nitrogen and oxygen atoms in total. The van der Waals surface area contributed by atoms with Gasteiger partial charge in [-0.05, 0) is 47.9 Å². The molecule has 0 saturated carbocycles. The maximum Gasteiger partial charge on any atom is 0.295 e. The lowest BCUT2D eigenvalue weighted by Gasteiger charge is -2.29. The quantitative estimate of drug-likeness (QED) is 0.208. The number of rotatable bonds is 10. The van der Waals surface area contributed by atoms with E-state index in [1.54, 1.807) is 42.3 Å². The minimum absolute atomic E-state index is 0.0121. The number of aliphatic hydroxyl groups is 1. The summed E-state index contributed by atoms with van der Waals surface area (Å²) in [6, 6.07) is 19.3. The van der Waals surface area contributed by atoms with Gasteiger partial charge < -0.3 is 33.7 Å². The Hall–Kier alpha value is -4.54. The van der Waals surface area contributed by atoms with Gasteiger partial charge in [-0.3, -0.25) is 14.5 Å². The predicted molar refractivity (Wildman–Crippen MR) is 162 cm³/mol. The summed E-state index contributed by atoms with van der Waals surface area (Å²) in [6.07, 6.45) is 0.656. The fourth-order valence-electron chi connectivity index (χ4n) is 5.80. The third kappa shape index (κ3) is 6.22. The Bertz CT molecular complexity index is 1530. The molecule has 2 saturated heterocycles. The molecule has 0 bridgehead atoms. The van der Waals surface area contributed by atoms with E-state index in [9.17, 15) is 14.7 Å². The van der Waals surface area contributed by atoms with Crippen molar-refractivity contribution in [3.8, 4) is 23.0 Å². The van der Waals surface area contributed by atoms with Crippen molar-refractivity contribution >= 4 is 17.4 Å². The van der Waals surface area contributed by atoms with Gasteiger partial charge in [0.25, 0.3) is 11.7 Å². The monoisotopic (exact) mass is 600 g/mol. The smallest absolute Gasteiger partial charge is 0.295 e. The van der Waals surface area contributed by atoms with Gasteiger partial charge in [-0.2, -0.15) is 0 Å². The molecule has 230 valence electrons. The summed E-state index contributed by atoms with van der Waals surface area (Å²) < 4.78 is 28.5. The highest BCUT2D eigenvalue weighted by atomic mass is 16.6. The fraction of sp³-hybridized carbons (Fsp3) is 0.353. The minimum Gasteiger partial charge on any atom is -0.507 e. The lowest BCUT2D eigenvalue weighted by Crippen LogP contribution is -2.39. The number of amides is 1. The molecule has 1 unspecified atom stereocenters. The van der Waals surface area contributed by atoms with Crippen molar-refractivity contribution < 1.29 is 38.4 Å². The van der Waals surface area contributed by atoms with Crippen LogP contribution in [0.2, 0.25) is 0 Å². The van der Waals surface area contributed by atoms with Crippen LogP contribution in [0.1, 0.15) is 29.2 Å². The molecule has 3 aromatic carbocycles. The number of hydrogen-bond acceptors (Lipinski definition) is 9. The lowest BCUT2D eigenvalue weighted by atomic mass is 9.94. The number of Topliss-reactive ketones (excluding diaryl/α,β-unsaturated/α-hetero) is 1. The number of carbonyl (C=O) groups is 2. The third-order valence-corrected chi connectivity index (χ3v) is 8.07. The van der Waals surface area contributed by atoms with Crippen LogP contribution < -0.4 is 18.9 Å². The highest BCUT2D eigenvalue weighted by Crippen LogP contribution is 2.43. The SMILES string of the molecule is COc1cc(C2C(=C(O)c3ccc4c(c3)OCCO4)C(=O)C(=O)N2CCCN2CCOCC2)ccc1OCc1ccccc1. The van der Waals surface area contributed by atoms with Gasteiger partial charge in [0.05, 0.1) is 31.9 Å². The molecule has 3 aromatic rings. The van der Waals surface area contributed by atoms with E-state index in [0.29, 0.717) is 80.1 Å². The number of aliphatic hydroxyl groups excluding tert-OH is 1. The summed E-state index contributed by atoms with van der Waals surface area (Å²) >= 11 is 0. The Labute approximate surface area is 256 Å². The van der Waals surface area contributed by atoms with Gasteiger partial charge in [0.1, 0.15) is 25.6 Å². The van der Waals surface area contributed by atoms with Gasteiger partial charge in [-0.25, -0.2) is 0 Å². The normalized spacial score (nSPS) is 19.7. The summed E-state index contributed by atoms with van der Waals surface area (Å²) in [5.74, 6) is 0.343. The van der Waals surface area contributed by atoms with E-state index >= 15 is 0 Å². The van der Waals surface area contributed by atoms with Crippen molar-refractivity contribution in [2.24, 2.45) is 0 Å². The number of carbonyl (C=O) groups excluding carboxylic acids is 2. The maximum absolute atomic E-state index is 13.6. The molecule has 6 rings (SSSR count). The van der Waals surface area contributed by atoms with Crippen LogP contribution in [0.15, 0.2) is 72.3 Å². The number of benzene rings is 3. The maximum atomic E-state index is 13.6. The van der Waals surface area contributed by atoms with Gasteiger partial charge in [-0.1, -0.05) is 36.4 Å². The van der Waals surface area contributed by atoms with Gasteiger partial charge in [-0.15, -0.1) is 0 Å². The Morgan fingerprint density at radius 2 is 1.66 bits per heavy atom. The first-order chi connectivity index (χ1) is 21.5. The van der Waals surface area contributed by atoms with Crippen molar-refractivity contribution in [2.45, 2.75) is 19.1 Å². The zero-order valence-corrected chi connectivity index (χ0v) is 24.7. The zero-order chi connectivity index (χ0) is 30.5. The average molecular weight is 601 g/mol. The number of nitrogens with zero attached hydrogens (tertiary/aromatic N) is 2.